The number of hydrogen-bond donors (Lipinski definition) is 2. The Morgan fingerprint density at radius 1 is 1.48 bits per heavy atom. The molecule has 0 saturated carbocycles. The Balaban J connectivity index is 2.18. The molecule has 1 aromatic rings. The van der Waals surface area contributed by atoms with Gasteiger partial charge in [-0.15, -0.1) is 0 Å². The van der Waals surface area contributed by atoms with Crippen molar-refractivity contribution in [3.05, 3.63) is 29.3 Å². The number of hydrogen-bond acceptors (Lipinski definition) is 4. The first kappa shape index (κ1) is 15.9. The van der Waals surface area contributed by atoms with Crippen molar-refractivity contribution in [3.63, 3.8) is 0 Å². The summed E-state index contributed by atoms with van der Waals surface area (Å²) in [6, 6.07) is 4.19. The molecule has 0 amide bonds. The maximum Gasteiger partial charge on any atom is 0.336 e. The normalized spacial score (nSPS) is 18.8. The highest BCUT2D eigenvalue weighted by Gasteiger charge is 2.21. The van der Waals surface area contributed by atoms with Crippen molar-refractivity contribution in [2.75, 3.05) is 13.2 Å². The minimum Gasteiger partial charge on any atom is -0.478 e. The van der Waals surface area contributed by atoms with Gasteiger partial charge in [-0.05, 0) is 37.0 Å². The molecule has 1 saturated heterocycles. The molecule has 0 spiro atoms. The van der Waals surface area contributed by atoms with Gasteiger partial charge in [0.25, 0.3) is 0 Å². The summed E-state index contributed by atoms with van der Waals surface area (Å²) < 4.78 is 32.2. The Bertz CT molecular complexity index is 620. The Morgan fingerprint density at radius 2 is 2.24 bits per heavy atom. The van der Waals surface area contributed by atoms with Crippen molar-refractivity contribution in [1.29, 1.82) is 0 Å². The first-order chi connectivity index (χ1) is 9.94. The van der Waals surface area contributed by atoms with Gasteiger partial charge in [0, 0.05) is 13.2 Å². The highest BCUT2D eigenvalue weighted by Crippen LogP contribution is 2.18. The molecule has 0 aromatic heterocycles. The summed E-state index contributed by atoms with van der Waals surface area (Å²) in [5, 5.41) is 9.15. The molecule has 1 aliphatic heterocycles. The zero-order valence-corrected chi connectivity index (χ0v) is 12.6. The van der Waals surface area contributed by atoms with E-state index in [2.05, 4.69) is 4.72 Å². The molecule has 116 valence electrons. The number of rotatable bonds is 6. The number of benzene rings is 1. The Labute approximate surface area is 124 Å². The lowest BCUT2D eigenvalue weighted by Gasteiger charge is -2.12. The maximum atomic E-state index is 12.2. The lowest BCUT2D eigenvalue weighted by molar-refractivity contribution is 0.0695. The molecule has 1 aromatic carbocycles. The van der Waals surface area contributed by atoms with Gasteiger partial charge in [0.15, 0.2) is 0 Å². The molecular formula is C14H19NO5S. The first-order valence-corrected chi connectivity index (χ1v) is 8.40. The van der Waals surface area contributed by atoms with Crippen molar-refractivity contribution in [2.45, 2.75) is 37.2 Å². The van der Waals surface area contributed by atoms with Crippen molar-refractivity contribution >= 4 is 16.0 Å². The summed E-state index contributed by atoms with van der Waals surface area (Å²) in [7, 11) is -3.72. The number of aromatic carboxylic acids is 1. The molecule has 2 N–H and O–H groups in total. The van der Waals surface area contributed by atoms with E-state index in [9.17, 15) is 13.2 Å². The fourth-order valence-corrected chi connectivity index (χ4v) is 3.41. The van der Waals surface area contributed by atoms with Crippen LogP contribution < -0.4 is 4.72 Å². The van der Waals surface area contributed by atoms with Gasteiger partial charge in [0.2, 0.25) is 10.0 Å². The van der Waals surface area contributed by atoms with Gasteiger partial charge in [0.1, 0.15) is 0 Å². The highest BCUT2D eigenvalue weighted by atomic mass is 32.2. The van der Waals surface area contributed by atoms with E-state index in [4.69, 9.17) is 9.84 Å². The number of nitrogens with one attached hydrogen (secondary N) is 1. The highest BCUT2D eigenvalue weighted by molar-refractivity contribution is 7.89. The lowest BCUT2D eigenvalue weighted by atomic mass is 10.1. The zero-order valence-electron chi connectivity index (χ0n) is 11.8. The number of carboxylic acid groups (broad SMARTS) is 1. The van der Waals surface area contributed by atoms with Crippen LogP contribution >= 0.6 is 0 Å². The van der Waals surface area contributed by atoms with Crippen LogP contribution in [0.5, 0.6) is 0 Å². The number of sulfonamides is 1. The van der Waals surface area contributed by atoms with Crippen LogP contribution in [0.4, 0.5) is 0 Å². The van der Waals surface area contributed by atoms with Gasteiger partial charge in [-0.1, -0.05) is 13.0 Å². The summed E-state index contributed by atoms with van der Waals surface area (Å²) in [4.78, 5) is 11.2. The first-order valence-electron chi connectivity index (χ1n) is 6.91. The van der Waals surface area contributed by atoms with Crippen LogP contribution in [0.15, 0.2) is 23.1 Å². The van der Waals surface area contributed by atoms with Crippen LogP contribution in [-0.2, 0) is 21.2 Å². The number of ether oxygens (including phenoxy) is 1. The third kappa shape index (κ3) is 3.81. The summed E-state index contributed by atoms with van der Waals surface area (Å²) >= 11 is 0. The third-order valence-corrected chi connectivity index (χ3v) is 4.95. The summed E-state index contributed by atoms with van der Waals surface area (Å²) in [5.74, 6) is -1.12. The van der Waals surface area contributed by atoms with Crippen molar-refractivity contribution < 1.29 is 23.1 Å². The Morgan fingerprint density at radius 3 is 2.81 bits per heavy atom. The molecular weight excluding hydrogens is 294 g/mol. The van der Waals surface area contributed by atoms with Gasteiger partial charge in [-0.2, -0.15) is 0 Å². The fraction of sp³-hybridized carbons (Fsp3) is 0.500. The fourth-order valence-electron chi connectivity index (χ4n) is 2.32. The standard InChI is InChI=1S/C14H19NO5S/c1-2-10-5-6-12(8-13(10)14(16)17)21(18,19)15-9-11-4-3-7-20-11/h5-6,8,11,15H,2-4,7,9H2,1H3,(H,16,17). The second kappa shape index (κ2) is 6.55. The predicted octanol–water partition coefficient (Wildman–Crippen LogP) is 1.40. The topological polar surface area (TPSA) is 92.7 Å². The lowest BCUT2D eigenvalue weighted by Crippen LogP contribution is -2.32. The van der Waals surface area contributed by atoms with Gasteiger partial charge in [-0.25, -0.2) is 17.9 Å². The molecule has 0 aliphatic carbocycles. The number of carbonyl (C=O) groups is 1. The maximum absolute atomic E-state index is 12.2. The van der Waals surface area contributed by atoms with Crippen LogP contribution in [0.3, 0.4) is 0 Å². The molecule has 1 atom stereocenters. The summed E-state index contributed by atoms with van der Waals surface area (Å²) in [6.45, 7) is 2.69. The average Bonchev–Trinajstić information content (AvgIpc) is 2.97. The van der Waals surface area contributed by atoms with E-state index in [1.165, 1.54) is 12.1 Å². The van der Waals surface area contributed by atoms with E-state index in [1.807, 2.05) is 6.92 Å². The molecule has 2 rings (SSSR count). The predicted molar refractivity (Wildman–Crippen MR) is 76.9 cm³/mol. The SMILES string of the molecule is CCc1ccc(S(=O)(=O)NCC2CCCO2)cc1C(=O)O. The summed E-state index contributed by atoms with van der Waals surface area (Å²) in [5.41, 5.74) is 0.637. The molecule has 1 fully saturated rings. The third-order valence-electron chi connectivity index (χ3n) is 3.53. The van der Waals surface area contributed by atoms with Crippen molar-refractivity contribution in [1.82, 2.24) is 4.72 Å². The largest absolute Gasteiger partial charge is 0.478 e. The van der Waals surface area contributed by atoms with Crippen LogP contribution in [0.1, 0.15) is 35.7 Å². The summed E-state index contributed by atoms with van der Waals surface area (Å²) in [6.07, 6.45) is 2.19. The van der Waals surface area contributed by atoms with E-state index in [0.29, 0.717) is 18.6 Å². The van der Waals surface area contributed by atoms with Crippen LogP contribution in [0.25, 0.3) is 0 Å². The smallest absolute Gasteiger partial charge is 0.336 e. The van der Waals surface area contributed by atoms with Crippen molar-refractivity contribution in [3.8, 4) is 0 Å². The average molecular weight is 313 g/mol. The molecule has 7 heteroatoms. The van der Waals surface area contributed by atoms with Crippen LogP contribution in [-0.4, -0.2) is 38.7 Å². The zero-order chi connectivity index (χ0) is 15.5. The second-order valence-electron chi connectivity index (χ2n) is 4.96. The quantitative estimate of drug-likeness (QED) is 0.828. The van der Waals surface area contributed by atoms with Gasteiger partial charge < -0.3 is 9.84 Å². The van der Waals surface area contributed by atoms with Crippen LogP contribution in [0, 0.1) is 0 Å². The van der Waals surface area contributed by atoms with Gasteiger partial charge in [0.05, 0.1) is 16.6 Å². The van der Waals surface area contributed by atoms with E-state index >= 15 is 0 Å². The Hall–Kier alpha value is -1.44. The molecule has 1 heterocycles. The molecule has 1 unspecified atom stereocenters. The van der Waals surface area contributed by atoms with E-state index in [-0.39, 0.29) is 23.1 Å². The van der Waals surface area contributed by atoms with Gasteiger partial charge >= 0.3 is 5.97 Å². The van der Waals surface area contributed by atoms with Gasteiger partial charge in [-0.3, -0.25) is 0 Å². The van der Waals surface area contributed by atoms with Crippen LogP contribution in [0.2, 0.25) is 0 Å². The molecule has 0 bridgehead atoms. The second-order valence-corrected chi connectivity index (χ2v) is 6.73. The Kier molecular flexibility index (Phi) is 4.97. The minimum atomic E-state index is -3.72. The number of aryl methyl sites for hydroxylation is 1. The molecule has 21 heavy (non-hydrogen) atoms. The van der Waals surface area contributed by atoms with Crippen molar-refractivity contribution in [2.24, 2.45) is 0 Å². The minimum absolute atomic E-state index is 0.0255. The monoisotopic (exact) mass is 313 g/mol. The van der Waals surface area contributed by atoms with E-state index in [1.54, 1.807) is 6.07 Å². The molecule has 0 radical (unpaired) electrons. The number of carboxylic acids is 1. The van der Waals surface area contributed by atoms with E-state index < -0.39 is 16.0 Å². The van der Waals surface area contributed by atoms with E-state index in [0.717, 1.165) is 12.8 Å². The molecule has 6 nitrogen and oxygen atoms in total. The molecule has 1 aliphatic rings.